The number of nitrogens with zero attached hydrogens (tertiary/aromatic N) is 1. The summed E-state index contributed by atoms with van der Waals surface area (Å²) in [7, 11) is 0. The highest BCUT2D eigenvalue weighted by Crippen LogP contribution is 2.30. The summed E-state index contributed by atoms with van der Waals surface area (Å²) in [6, 6.07) is 33.5. The van der Waals surface area contributed by atoms with Gasteiger partial charge in [0.1, 0.15) is 5.76 Å². The largest absolute Gasteiger partial charge is 0.428 e. The molecule has 1 aliphatic rings. The highest BCUT2D eigenvalue weighted by atomic mass is 16.5. The molecule has 5 rings (SSSR count). The first-order valence-electron chi connectivity index (χ1n) is 12.7. The van der Waals surface area contributed by atoms with Gasteiger partial charge in [-0.3, -0.25) is 9.59 Å². The van der Waals surface area contributed by atoms with Gasteiger partial charge in [0.05, 0.1) is 22.4 Å². The van der Waals surface area contributed by atoms with Crippen molar-refractivity contribution in [2.24, 2.45) is 0 Å². The molecule has 196 valence electrons. The number of hydrogen-bond acceptors (Lipinski definition) is 5. The summed E-state index contributed by atoms with van der Waals surface area (Å²) in [5.74, 6) is -1.40. The van der Waals surface area contributed by atoms with Crippen molar-refractivity contribution in [3.63, 3.8) is 0 Å². The minimum atomic E-state index is -0.566. The molecule has 0 atom stereocenters. The van der Waals surface area contributed by atoms with Crippen molar-refractivity contribution in [3.8, 4) is 11.1 Å². The Morgan fingerprint density at radius 1 is 0.725 bits per heavy atom. The summed E-state index contributed by atoms with van der Waals surface area (Å²) in [4.78, 5) is 40.3. The summed E-state index contributed by atoms with van der Waals surface area (Å²) < 4.78 is 5.50. The van der Waals surface area contributed by atoms with Gasteiger partial charge in [0.25, 0.3) is 11.8 Å². The second-order valence-corrected chi connectivity index (χ2v) is 9.10. The average Bonchev–Trinajstić information content (AvgIpc) is 3.22. The molecule has 1 heterocycles. The second-order valence-electron chi connectivity index (χ2n) is 9.10. The van der Waals surface area contributed by atoms with E-state index in [0.29, 0.717) is 11.3 Å². The van der Waals surface area contributed by atoms with Crippen LogP contribution in [0.3, 0.4) is 0 Å². The van der Waals surface area contributed by atoms with Crippen molar-refractivity contribution in [1.82, 2.24) is 0 Å². The van der Waals surface area contributed by atoms with Crippen molar-refractivity contribution in [1.29, 1.82) is 0 Å². The van der Waals surface area contributed by atoms with E-state index in [1.54, 1.807) is 43.3 Å². The van der Waals surface area contributed by atoms with Crippen LogP contribution in [0.25, 0.3) is 11.1 Å². The smallest absolute Gasteiger partial charge is 0.343 e. The normalized spacial score (nSPS) is 13.4. The molecular formula is C34H26N2O4. The maximum atomic E-state index is 13.3. The molecule has 4 aromatic carbocycles. The molecule has 1 aliphatic heterocycles. The van der Waals surface area contributed by atoms with Crippen molar-refractivity contribution < 1.29 is 19.1 Å². The van der Waals surface area contributed by atoms with Crippen LogP contribution < -0.4 is 10.2 Å². The molecule has 2 amide bonds. The van der Waals surface area contributed by atoms with Crippen LogP contribution in [0, 0.1) is 0 Å². The highest BCUT2D eigenvalue weighted by molar-refractivity contribution is 6.34. The Bertz CT molecular complexity index is 1640. The summed E-state index contributed by atoms with van der Waals surface area (Å²) in [6.07, 6.45) is 2.74. The van der Waals surface area contributed by atoms with E-state index in [1.165, 1.54) is 12.2 Å². The molecule has 40 heavy (non-hydrogen) atoms. The van der Waals surface area contributed by atoms with Gasteiger partial charge in [0, 0.05) is 11.4 Å². The fourth-order valence-electron chi connectivity index (χ4n) is 4.38. The number of carbonyl (C=O) groups excluding carboxylic acids is 3. The zero-order valence-electron chi connectivity index (χ0n) is 21.8. The van der Waals surface area contributed by atoms with E-state index < -0.39 is 17.8 Å². The molecule has 0 aliphatic carbocycles. The average molecular weight is 527 g/mol. The van der Waals surface area contributed by atoms with E-state index in [1.807, 2.05) is 72.8 Å². The number of nitrogens with one attached hydrogen (secondary N) is 1. The summed E-state index contributed by atoms with van der Waals surface area (Å²) in [5.41, 5.74) is 4.78. The van der Waals surface area contributed by atoms with Crippen LogP contribution in [0.1, 0.15) is 17.3 Å². The van der Waals surface area contributed by atoms with E-state index in [-0.39, 0.29) is 16.9 Å². The number of ether oxygens (including phenoxy) is 1. The fourth-order valence-corrected chi connectivity index (χ4v) is 4.38. The highest BCUT2D eigenvalue weighted by Gasteiger charge is 2.37. The quantitative estimate of drug-likeness (QED) is 0.149. The molecule has 0 unspecified atom stereocenters. The molecule has 0 fully saturated rings. The third kappa shape index (κ3) is 5.51. The number of hydrogen-bond donors (Lipinski definition) is 1. The molecule has 0 saturated carbocycles. The second kappa shape index (κ2) is 11.5. The van der Waals surface area contributed by atoms with Crippen LogP contribution >= 0.6 is 0 Å². The predicted molar refractivity (Wildman–Crippen MR) is 157 cm³/mol. The van der Waals surface area contributed by atoms with Gasteiger partial charge < -0.3 is 10.1 Å². The van der Waals surface area contributed by atoms with Crippen LogP contribution in [0.4, 0.5) is 17.1 Å². The van der Waals surface area contributed by atoms with Gasteiger partial charge in [-0.2, -0.15) is 0 Å². The lowest BCUT2D eigenvalue weighted by Gasteiger charge is -2.16. The number of benzene rings is 4. The molecule has 1 N–H and O–H groups in total. The fraction of sp³-hybridized carbons (Fsp3) is 0.0294. The van der Waals surface area contributed by atoms with Gasteiger partial charge in [-0.15, -0.1) is 0 Å². The third-order valence-corrected chi connectivity index (χ3v) is 6.38. The molecule has 0 spiro atoms. The van der Waals surface area contributed by atoms with Gasteiger partial charge >= 0.3 is 5.97 Å². The van der Waals surface area contributed by atoms with Gasteiger partial charge in [0.15, 0.2) is 0 Å². The number of rotatable bonds is 8. The Kier molecular flexibility index (Phi) is 7.51. The Hall–Kier alpha value is -5.49. The lowest BCUT2D eigenvalue weighted by molar-refractivity contribution is -0.120. The third-order valence-electron chi connectivity index (χ3n) is 6.38. The predicted octanol–water partition coefficient (Wildman–Crippen LogP) is 7.21. The molecule has 0 aromatic heterocycles. The molecule has 4 aromatic rings. The van der Waals surface area contributed by atoms with Crippen molar-refractivity contribution >= 4 is 34.8 Å². The molecule has 6 nitrogen and oxygen atoms in total. The number of carbonyl (C=O) groups is 3. The first-order chi connectivity index (χ1) is 19.4. The van der Waals surface area contributed by atoms with Crippen LogP contribution in [-0.2, 0) is 14.3 Å². The maximum Gasteiger partial charge on any atom is 0.343 e. The number of imide groups is 1. The number of esters is 1. The monoisotopic (exact) mass is 526 g/mol. The van der Waals surface area contributed by atoms with Gasteiger partial charge in [-0.1, -0.05) is 73.3 Å². The molecule has 0 bridgehead atoms. The van der Waals surface area contributed by atoms with E-state index in [4.69, 9.17) is 4.74 Å². The van der Waals surface area contributed by atoms with Crippen molar-refractivity contribution in [2.45, 2.75) is 6.92 Å². The van der Waals surface area contributed by atoms with E-state index in [0.717, 1.165) is 27.4 Å². The van der Waals surface area contributed by atoms with Crippen molar-refractivity contribution in [3.05, 3.63) is 150 Å². The zero-order valence-corrected chi connectivity index (χ0v) is 21.8. The lowest BCUT2D eigenvalue weighted by atomic mass is 10.0. The minimum absolute atomic E-state index is 0.108. The molecule has 0 saturated heterocycles. The Labute approximate surface area is 232 Å². The molecule has 6 heteroatoms. The molecule has 0 radical (unpaired) electrons. The van der Waals surface area contributed by atoms with Crippen LogP contribution in [0.15, 0.2) is 145 Å². The molecular weight excluding hydrogens is 500 g/mol. The van der Waals surface area contributed by atoms with Crippen LogP contribution in [0.2, 0.25) is 0 Å². The summed E-state index contributed by atoms with van der Waals surface area (Å²) in [5, 5.41) is 3.27. The SMILES string of the molecule is C=CC1=C(/C=C(\C)OC(=O)c2ccc(-c3ccccc3)cc2)C(=O)N(c2ccc(Nc3ccccc3)cc2)C1=O. The number of amides is 2. The van der Waals surface area contributed by atoms with E-state index in [9.17, 15) is 14.4 Å². The Balaban J connectivity index is 1.30. The first kappa shape index (κ1) is 26.1. The zero-order chi connectivity index (χ0) is 28.1. The minimum Gasteiger partial charge on any atom is -0.428 e. The van der Waals surface area contributed by atoms with Crippen LogP contribution in [0.5, 0.6) is 0 Å². The van der Waals surface area contributed by atoms with Gasteiger partial charge in [-0.05, 0) is 72.7 Å². The van der Waals surface area contributed by atoms with E-state index >= 15 is 0 Å². The Morgan fingerprint density at radius 3 is 1.90 bits per heavy atom. The van der Waals surface area contributed by atoms with Crippen LogP contribution in [-0.4, -0.2) is 17.8 Å². The van der Waals surface area contributed by atoms with E-state index in [2.05, 4.69) is 11.9 Å². The first-order valence-corrected chi connectivity index (χ1v) is 12.7. The number of allylic oxidation sites excluding steroid dienone is 1. The standard InChI is InChI=1S/C34H26N2O4/c1-3-30-31(22-23(2)40-34(39)26-16-14-25(15-17-26)24-10-6-4-7-11-24)33(38)36(32(30)37)29-20-18-28(19-21-29)35-27-12-8-5-9-13-27/h3-22,35H,1H2,2H3/b23-22+. The maximum absolute atomic E-state index is 13.3. The topological polar surface area (TPSA) is 75.7 Å². The van der Waals surface area contributed by atoms with Gasteiger partial charge in [-0.25, -0.2) is 9.69 Å². The van der Waals surface area contributed by atoms with Crippen molar-refractivity contribution in [2.75, 3.05) is 10.2 Å². The van der Waals surface area contributed by atoms with Gasteiger partial charge in [0.2, 0.25) is 0 Å². The number of para-hydroxylation sites is 1. The lowest BCUT2D eigenvalue weighted by Crippen LogP contribution is -2.31. The summed E-state index contributed by atoms with van der Waals surface area (Å²) in [6.45, 7) is 5.28. The number of anilines is 3. The Morgan fingerprint density at radius 2 is 1.27 bits per heavy atom. The summed E-state index contributed by atoms with van der Waals surface area (Å²) >= 11 is 0.